The van der Waals surface area contributed by atoms with Crippen molar-refractivity contribution in [3.05, 3.63) is 156 Å². The molecule has 2 aliphatic rings. The quantitative estimate of drug-likeness (QED) is 0.0266. The molecule has 5 amide bonds. The summed E-state index contributed by atoms with van der Waals surface area (Å²) in [6, 6.07) is 21.2. The summed E-state index contributed by atoms with van der Waals surface area (Å²) in [6.07, 6.45) is 15.5. The molecule has 3 aromatic carbocycles. The zero-order valence-corrected chi connectivity index (χ0v) is 50.8. The van der Waals surface area contributed by atoms with E-state index >= 15 is 0 Å². The first-order valence-corrected chi connectivity index (χ1v) is 30.6. The second kappa shape index (κ2) is 34.9. The Morgan fingerprint density at radius 2 is 1.47 bits per heavy atom. The van der Waals surface area contributed by atoms with Crippen LogP contribution in [0.1, 0.15) is 60.7 Å². The normalized spacial score (nSPS) is 13.9. The van der Waals surface area contributed by atoms with E-state index in [0.29, 0.717) is 113 Å². The highest BCUT2D eigenvalue weighted by molar-refractivity contribution is 7.14. The molecule has 1 saturated heterocycles. The van der Waals surface area contributed by atoms with Crippen LogP contribution in [0.25, 0.3) is 5.69 Å². The van der Waals surface area contributed by atoms with Gasteiger partial charge in [-0.2, -0.15) is 15.0 Å². The van der Waals surface area contributed by atoms with Crippen molar-refractivity contribution < 1.29 is 42.9 Å². The Morgan fingerprint density at radius 3 is 2.20 bits per heavy atom. The number of aryl methyl sites for hydroxylation is 1. The number of carbonyl (C=O) groups excluding carboxylic acids is 4. The number of benzene rings is 3. The van der Waals surface area contributed by atoms with Gasteiger partial charge < -0.3 is 53.9 Å². The smallest absolute Gasteiger partial charge is 0.325 e. The molecule has 3 aromatic heterocycles. The van der Waals surface area contributed by atoms with Crippen LogP contribution < -0.4 is 25.4 Å². The van der Waals surface area contributed by atoms with Gasteiger partial charge in [-0.05, 0) is 118 Å². The molecule has 23 nitrogen and oxygen atoms in total. The zero-order valence-electron chi connectivity index (χ0n) is 50.0. The highest BCUT2D eigenvalue weighted by Gasteiger charge is 2.41. The predicted molar refractivity (Wildman–Crippen MR) is 333 cm³/mol. The van der Waals surface area contributed by atoms with Gasteiger partial charge >= 0.3 is 6.03 Å². The Morgan fingerprint density at radius 1 is 0.770 bits per heavy atom. The van der Waals surface area contributed by atoms with Gasteiger partial charge in [-0.3, -0.25) is 19.7 Å². The van der Waals surface area contributed by atoms with E-state index in [2.05, 4.69) is 71.4 Å². The van der Waals surface area contributed by atoms with Gasteiger partial charge in [0.05, 0.1) is 88.7 Å². The molecule has 6 aromatic rings. The molecule has 2 fully saturated rings. The fourth-order valence-corrected chi connectivity index (χ4v) is 10.2. The van der Waals surface area contributed by atoms with E-state index in [-0.39, 0.29) is 43.1 Å². The summed E-state index contributed by atoms with van der Waals surface area (Å²) in [7, 11) is 4.14. The third kappa shape index (κ3) is 22.0. The summed E-state index contributed by atoms with van der Waals surface area (Å²) in [4.78, 5) is 67.4. The van der Waals surface area contributed by atoms with Crippen LogP contribution in [0.15, 0.2) is 134 Å². The minimum Gasteiger partial charge on any atom is -0.494 e. The number of unbranched alkanes of at least 4 members (excludes halogenated alkanes) is 1. The first-order valence-electron chi connectivity index (χ1n) is 29.7. The molecule has 1 aliphatic carbocycles. The first kappa shape index (κ1) is 64.9. The molecule has 1 atom stereocenters. The highest BCUT2D eigenvalue weighted by Crippen LogP contribution is 2.36. The molecule has 4 heterocycles. The van der Waals surface area contributed by atoms with E-state index in [4.69, 9.17) is 23.7 Å². The number of nitrogens with one attached hydrogen (secondary N) is 3. The van der Waals surface area contributed by atoms with Crippen molar-refractivity contribution in [3.63, 3.8) is 0 Å². The van der Waals surface area contributed by atoms with Crippen LogP contribution in [-0.2, 0) is 54.4 Å². The van der Waals surface area contributed by atoms with E-state index in [1.165, 1.54) is 16.1 Å². The number of ether oxygens (including phenoxy) is 5. The second-order valence-electron chi connectivity index (χ2n) is 21.3. The lowest BCUT2D eigenvalue weighted by Gasteiger charge is -2.32. The SMILES string of the molecule is C=C/C=C(\C=C)CNC(=O)C(c1ccc(-n2nccn2)cc1)N(C(=O)CCc1ccc(OCCCCN(C)CCOCCOCCc2cn(CCOCCOc3ccc(NC(=O)Nc4nc(CC(=O)N5CCN(C)CC5)cs4)cc3)nn2)cc1)C1CC1. The minimum atomic E-state index is -0.810. The standard InChI is InChI=1S/C63H82N14O9S/c1-5-9-48(6-2)45-64-61(80)60(50-13-17-55(18-14-50)77-65-27-28-66-77)76(54-19-20-54)58(78)25-12-49-10-21-56(22-11-49)85-36-8-7-29-72(3)34-38-83-41-40-82-37-26-52-46-75(71-70-52)35-39-84-42-43-86-57-23-15-51(16-24-57)67-62(81)69-63-68-53(47-87-63)44-59(79)74-32-30-73(4)31-33-74/h5-6,9-11,13-18,21-24,27-28,46-47,54,60H,1-2,7-8,12,19-20,25-26,29-45H2,3-4H3,(H,64,80)(H2,67,68,69,81)/b48-9+. The van der Waals surface area contributed by atoms with Crippen molar-refractivity contribution in [2.24, 2.45) is 0 Å². The van der Waals surface area contributed by atoms with Gasteiger partial charge in [0.25, 0.3) is 0 Å². The molecule has 0 spiro atoms. The largest absolute Gasteiger partial charge is 0.494 e. The fourth-order valence-electron chi connectivity index (χ4n) is 9.47. The number of urea groups is 1. The number of carbonyl (C=O) groups is 4. The number of nitrogens with zero attached hydrogens (tertiary/aromatic N) is 11. The molecule has 1 aliphatic heterocycles. The molecule has 1 unspecified atom stereocenters. The topological polar surface area (TPSA) is 238 Å². The number of piperazine rings is 1. The summed E-state index contributed by atoms with van der Waals surface area (Å²) in [5, 5.41) is 27.7. The maximum atomic E-state index is 14.1. The lowest BCUT2D eigenvalue weighted by Crippen LogP contribution is -2.47. The van der Waals surface area contributed by atoms with Gasteiger partial charge in [-0.25, -0.2) is 14.5 Å². The van der Waals surface area contributed by atoms with Crippen LogP contribution in [0.2, 0.25) is 0 Å². The number of rotatable bonds is 38. The van der Waals surface area contributed by atoms with Crippen molar-refractivity contribution >= 4 is 45.9 Å². The lowest BCUT2D eigenvalue weighted by atomic mass is 10.0. The van der Waals surface area contributed by atoms with Gasteiger partial charge in [-0.1, -0.05) is 60.9 Å². The summed E-state index contributed by atoms with van der Waals surface area (Å²) >= 11 is 1.28. The molecule has 464 valence electrons. The maximum absolute atomic E-state index is 14.1. The number of thiazole rings is 1. The number of hydrogen-bond donors (Lipinski definition) is 3. The van der Waals surface area contributed by atoms with Crippen molar-refractivity contribution in [2.45, 2.75) is 70.0 Å². The van der Waals surface area contributed by atoms with Crippen LogP contribution in [0.3, 0.4) is 0 Å². The molecule has 0 radical (unpaired) electrons. The van der Waals surface area contributed by atoms with Crippen LogP contribution in [0.5, 0.6) is 11.5 Å². The molecule has 24 heteroatoms. The summed E-state index contributed by atoms with van der Waals surface area (Å²) < 4.78 is 31.0. The summed E-state index contributed by atoms with van der Waals surface area (Å²) in [5.74, 6) is 1.15. The highest BCUT2D eigenvalue weighted by atomic mass is 32.1. The number of amides is 5. The fraction of sp³-hybridized carbons (Fsp3) is 0.444. The van der Waals surface area contributed by atoms with Crippen LogP contribution in [-0.4, -0.2) is 197 Å². The molecular weight excluding hydrogens is 1130 g/mol. The average Bonchev–Trinajstić information content (AvgIpc) is 2.50. The van der Waals surface area contributed by atoms with Gasteiger partial charge in [0.1, 0.15) is 24.1 Å². The Balaban J connectivity index is 0.612. The molecular formula is C63H82N14O9S. The molecule has 3 N–H and O–H groups in total. The van der Waals surface area contributed by atoms with Crippen LogP contribution >= 0.6 is 11.3 Å². The lowest BCUT2D eigenvalue weighted by molar-refractivity contribution is -0.141. The summed E-state index contributed by atoms with van der Waals surface area (Å²) in [6.45, 7) is 17.3. The van der Waals surface area contributed by atoms with Crippen molar-refractivity contribution in [2.75, 3.05) is 123 Å². The Kier molecular flexibility index (Phi) is 26.0. The minimum absolute atomic E-state index is 0.0151. The second-order valence-corrected chi connectivity index (χ2v) is 22.1. The van der Waals surface area contributed by atoms with Crippen LogP contribution in [0, 0.1) is 0 Å². The Bertz CT molecular complexity index is 3110. The average molecular weight is 1210 g/mol. The van der Waals surface area contributed by atoms with E-state index in [1.54, 1.807) is 69.8 Å². The molecule has 0 bridgehead atoms. The van der Waals surface area contributed by atoms with E-state index in [1.807, 2.05) is 66.7 Å². The Labute approximate surface area is 513 Å². The third-order valence-corrected chi connectivity index (χ3v) is 15.3. The number of hydrogen-bond acceptors (Lipinski definition) is 17. The third-order valence-electron chi connectivity index (χ3n) is 14.5. The molecule has 8 rings (SSSR count). The number of likely N-dealkylation sites (N-methyl/N-ethyl adjacent to an activating group) is 2. The number of allylic oxidation sites excluding steroid dienone is 2. The van der Waals surface area contributed by atoms with E-state index in [0.717, 1.165) is 80.1 Å². The monoisotopic (exact) mass is 1210 g/mol. The van der Waals surface area contributed by atoms with Crippen molar-refractivity contribution in [1.29, 1.82) is 0 Å². The van der Waals surface area contributed by atoms with Crippen molar-refractivity contribution in [1.82, 2.24) is 59.9 Å². The van der Waals surface area contributed by atoms with Gasteiger partial charge in [-0.15, -0.1) is 16.4 Å². The van der Waals surface area contributed by atoms with E-state index in [9.17, 15) is 19.2 Å². The Hall–Kier alpha value is -8.13. The number of anilines is 2. The summed E-state index contributed by atoms with van der Waals surface area (Å²) in [5.41, 5.74) is 5.37. The van der Waals surface area contributed by atoms with Gasteiger partial charge in [0.2, 0.25) is 17.7 Å². The van der Waals surface area contributed by atoms with Gasteiger partial charge in [0, 0.05) is 75.4 Å². The molecule has 87 heavy (non-hydrogen) atoms. The number of aromatic nitrogens is 7. The predicted octanol–water partition coefficient (Wildman–Crippen LogP) is 6.82. The van der Waals surface area contributed by atoms with Crippen molar-refractivity contribution in [3.8, 4) is 17.2 Å². The maximum Gasteiger partial charge on any atom is 0.325 e. The molecule has 1 saturated carbocycles. The van der Waals surface area contributed by atoms with Gasteiger partial charge in [0.15, 0.2) is 5.13 Å². The first-order chi connectivity index (χ1) is 42.5. The van der Waals surface area contributed by atoms with Crippen LogP contribution in [0.4, 0.5) is 15.6 Å². The van der Waals surface area contributed by atoms with E-state index < -0.39 is 12.1 Å². The zero-order chi connectivity index (χ0) is 61.0.